The molecule has 0 saturated carbocycles. The second-order valence-corrected chi connectivity index (χ2v) is 1.47. The van der Waals surface area contributed by atoms with Crippen LogP contribution in [0.25, 0.3) is 0 Å². The zero-order valence-corrected chi connectivity index (χ0v) is 5.29. The third kappa shape index (κ3) is 1.79. The van der Waals surface area contributed by atoms with Crippen molar-refractivity contribution in [2.24, 2.45) is 0 Å². The molecule has 0 fully saturated rings. The summed E-state index contributed by atoms with van der Waals surface area (Å²) in [5.74, 6) is -3.88. The van der Waals surface area contributed by atoms with Crippen molar-refractivity contribution in [2.45, 2.75) is 0 Å². The van der Waals surface area contributed by atoms with Gasteiger partial charge in [0.2, 0.25) is 0 Å². The Kier molecular flexibility index (Phi) is 3.55. The van der Waals surface area contributed by atoms with Crippen LogP contribution >= 0.6 is 0 Å². The van der Waals surface area contributed by atoms with E-state index in [1.807, 2.05) is 0 Å². The molecule has 1 rings (SSSR count). The Bertz CT molecular complexity index is 204. The third-order valence-corrected chi connectivity index (χ3v) is 0.839. The quantitative estimate of drug-likeness (QED) is 0.243. The van der Waals surface area contributed by atoms with Crippen LogP contribution in [-0.4, -0.2) is 0 Å². The number of hydrogen-bond acceptors (Lipinski definition) is 0. The summed E-state index contributed by atoms with van der Waals surface area (Å²) in [6.07, 6.45) is 0. The van der Waals surface area contributed by atoms with Crippen molar-refractivity contribution in [3.05, 3.63) is 35.7 Å². The van der Waals surface area contributed by atoms with Crippen LogP contribution in [-0.2, 0) is 0 Å². The maximum Gasteiger partial charge on any atom is 1.00 e. The SMILES string of the molecule is Fc1c[c-]cc(F)c1F.[Li+]. The Morgan fingerprint density at radius 1 is 1.00 bits per heavy atom. The Morgan fingerprint density at radius 2 is 1.40 bits per heavy atom. The first kappa shape index (κ1) is 9.61. The van der Waals surface area contributed by atoms with E-state index in [2.05, 4.69) is 6.07 Å². The molecule has 1 aromatic carbocycles. The predicted octanol–water partition coefficient (Wildman–Crippen LogP) is -1.09. The molecule has 0 saturated heterocycles. The van der Waals surface area contributed by atoms with Crippen molar-refractivity contribution in [1.82, 2.24) is 0 Å². The van der Waals surface area contributed by atoms with Gasteiger partial charge in [-0.2, -0.15) is 6.07 Å². The maximum atomic E-state index is 12.0. The van der Waals surface area contributed by atoms with Gasteiger partial charge in [-0.15, -0.1) is 12.1 Å². The summed E-state index contributed by atoms with van der Waals surface area (Å²) in [4.78, 5) is 0. The molecule has 0 spiro atoms. The van der Waals surface area contributed by atoms with Crippen LogP contribution < -0.4 is 18.9 Å². The molecule has 0 aromatic heterocycles. The van der Waals surface area contributed by atoms with Gasteiger partial charge in [0.25, 0.3) is 0 Å². The Morgan fingerprint density at radius 3 is 1.70 bits per heavy atom. The molecule has 0 aliphatic rings. The molecule has 0 nitrogen and oxygen atoms in total. The number of benzene rings is 1. The van der Waals surface area contributed by atoms with Gasteiger partial charge in [-0.25, -0.2) is 4.39 Å². The van der Waals surface area contributed by atoms with Gasteiger partial charge in [0.15, 0.2) is 0 Å². The van der Waals surface area contributed by atoms with Crippen molar-refractivity contribution < 1.29 is 32.0 Å². The van der Waals surface area contributed by atoms with Crippen molar-refractivity contribution in [1.29, 1.82) is 0 Å². The molecular formula is C6H2F3Li. The largest absolute Gasteiger partial charge is 1.00 e. The average Bonchev–Trinajstić information content (AvgIpc) is 1.83. The minimum atomic E-state index is -1.45. The summed E-state index contributed by atoms with van der Waals surface area (Å²) in [5, 5.41) is 0. The molecule has 4 heteroatoms. The van der Waals surface area contributed by atoms with E-state index in [0.717, 1.165) is 12.1 Å². The van der Waals surface area contributed by atoms with Crippen LogP contribution in [0.4, 0.5) is 13.2 Å². The molecule has 1 aromatic rings. The molecular weight excluding hydrogens is 136 g/mol. The molecule has 0 aliphatic carbocycles. The first-order valence-corrected chi connectivity index (χ1v) is 2.22. The summed E-state index contributed by atoms with van der Waals surface area (Å²) < 4.78 is 35.8. The molecule has 0 amide bonds. The molecule has 0 unspecified atom stereocenters. The van der Waals surface area contributed by atoms with E-state index in [4.69, 9.17) is 0 Å². The van der Waals surface area contributed by atoms with Crippen molar-refractivity contribution >= 4 is 0 Å². The summed E-state index contributed by atoms with van der Waals surface area (Å²) in [6.45, 7) is 0. The smallest absolute Gasteiger partial charge is 0.281 e. The molecule has 0 atom stereocenters. The predicted molar refractivity (Wildman–Crippen MR) is 25.2 cm³/mol. The zero-order valence-electron chi connectivity index (χ0n) is 5.29. The number of rotatable bonds is 0. The minimum absolute atomic E-state index is 0. The summed E-state index contributed by atoms with van der Waals surface area (Å²) in [5.41, 5.74) is 0. The fourth-order valence-electron chi connectivity index (χ4n) is 0.429. The average molecular weight is 138 g/mol. The summed E-state index contributed by atoms with van der Waals surface area (Å²) >= 11 is 0. The van der Waals surface area contributed by atoms with E-state index in [9.17, 15) is 13.2 Å². The van der Waals surface area contributed by atoms with E-state index in [0.29, 0.717) is 0 Å². The van der Waals surface area contributed by atoms with Crippen molar-refractivity contribution in [3.8, 4) is 0 Å². The fraction of sp³-hybridized carbons (Fsp3) is 0. The second kappa shape index (κ2) is 3.70. The first-order chi connectivity index (χ1) is 4.22. The van der Waals surface area contributed by atoms with Gasteiger partial charge in [0.05, 0.1) is 5.82 Å². The van der Waals surface area contributed by atoms with Crippen LogP contribution in [0.5, 0.6) is 0 Å². The number of halogens is 3. The number of hydrogen-bond donors (Lipinski definition) is 0. The first-order valence-electron chi connectivity index (χ1n) is 2.22. The van der Waals surface area contributed by atoms with Crippen LogP contribution in [0, 0.1) is 23.5 Å². The Balaban J connectivity index is 0.000000810. The van der Waals surface area contributed by atoms with Gasteiger partial charge in [0.1, 0.15) is 0 Å². The second-order valence-electron chi connectivity index (χ2n) is 1.47. The van der Waals surface area contributed by atoms with Gasteiger partial charge in [0, 0.05) is 11.6 Å². The van der Waals surface area contributed by atoms with E-state index < -0.39 is 17.5 Å². The Hall–Kier alpha value is -0.393. The molecule has 0 aliphatic heterocycles. The summed E-state index contributed by atoms with van der Waals surface area (Å²) in [7, 11) is 0. The molecule has 0 radical (unpaired) electrons. The minimum Gasteiger partial charge on any atom is -0.281 e. The van der Waals surface area contributed by atoms with E-state index in [-0.39, 0.29) is 18.9 Å². The standard InChI is InChI=1S/C6H2F3.Li/c7-4-2-1-3-5(8)6(4)9;/h2-3H;/q-1;+1. The van der Waals surface area contributed by atoms with Crippen LogP contribution in [0.2, 0.25) is 0 Å². The van der Waals surface area contributed by atoms with Gasteiger partial charge in [-0.05, 0) is 0 Å². The fourth-order valence-corrected chi connectivity index (χ4v) is 0.429. The van der Waals surface area contributed by atoms with E-state index >= 15 is 0 Å². The molecule has 0 N–H and O–H groups in total. The molecule has 48 valence electrons. The molecule has 0 heterocycles. The maximum absolute atomic E-state index is 12.0. The van der Waals surface area contributed by atoms with Crippen molar-refractivity contribution in [2.75, 3.05) is 0 Å². The normalized spacial score (nSPS) is 8.70. The molecule has 10 heavy (non-hydrogen) atoms. The van der Waals surface area contributed by atoms with E-state index in [1.54, 1.807) is 0 Å². The monoisotopic (exact) mass is 138 g/mol. The topological polar surface area (TPSA) is 0 Å². The zero-order chi connectivity index (χ0) is 6.85. The van der Waals surface area contributed by atoms with Crippen LogP contribution in [0.3, 0.4) is 0 Å². The van der Waals surface area contributed by atoms with Gasteiger partial charge < -0.3 is 0 Å². The van der Waals surface area contributed by atoms with Gasteiger partial charge in [-0.1, -0.05) is 0 Å². The molecule has 0 bridgehead atoms. The van der Waals surface area contributed by atoms with Crippen LogP contribution in [0.1, 0.15) is 0 Å². The summed E-state index contributed by atoms with van der Waals surface area (Å²) in [6, 6.07) is 3.55. The Labute approximate surface area is 68.2 Å². The van der Waals surface area contributed by atoms with Crippen molar-refractivity contribution in [3.63, 3.8) is 0 Å². The van der Waals surface area contributed by atoms with E-state index in [1.165, 1.54) is 0 Å². The van der Waals surface area contributed by atoms with Crippen LogP contribution in [0.15, 0.2) is 12.1 Å². The van der Waals surface area contributed by atoms with Gasteiger partial charge in [-0.3, -0.25) is 8.78 Å². The van der Waals surface area contributed by atoms with Gasteiger partial charge >= 0.3 is 18.9 Å². The third-order valence-electron chi connectivity index (χ3n) is 0.839.